The smallest absolute Gasteiger partial charge is 0.241 e. The molecule has 31 heavy (non-hydrogen) atoms. The van der Waals surface area contributed by atoms with E-state index in [4.69, 9.17) is 5.73 Å². The van der Waals surface area contributed by atoms with E-state index in [9.17, 15) is 19.2 Å². The second kappa shape index (κ2) is 8.56. The zero-order chi connectivity index (χ0) is 22.3. The number of nitriles is 1. The van der Waals surface area contributed by atoms with Crippen LogP contribution in [-0.2, 0) is 9.59 Å². The number of rotatable bonds is 6. The van der Waals surface area contributed by atoms with E-state index >= 15 is 0 Å². The number of nitrogens with two attached hydrogens (primary N) is 1. The lowest BCUT2D eigenvalue weighted by Crippen LogP contribution is -2.57. The van der Waals surface area contributed by atoms with E-state index in [1.54, 1.807) is 17.0 Å². The minimum Gasteiger partial charge on any atom is -0.330 e. The van der Waals surface area contributed by atoms with Crippen molar-refractivity contribution < 1.29 is 14.0 Å². The van der Waals surface area contributed by atoms with Crippen LogP contribution in [0.3, 0.4) is 0 Å². The Morgan fingerprint density at radius 1 is 1.32 bits per heavy atom. The van der Waals surface area contributed by atoms with Crippen LogP contribution in [0.25, 0.3) is 0 Å². The molecule has 0 aromatic heterocycles. The van der Waals surface area contributed by atoms with Gasteiger partial charge in [0.1, 0.15) is 11.9 Å². The normalized spacial score (nSPS) is 27.7. The van der Waals surface area contributed by atoms with Gasteiger partial charge in [-0.3, -0.25) is 14.5 Å². The zero-order valence-electron chi connectivity index (χ0n) is 18.1. The summed E-state index contributed by atoms with van der Waals surface area (Å²) in [4.78, 5) is 31.6. The topological polar surface area (TPSA) is 93.7 Å². The Labute approximate surface area is 182 Å². The fraction of sp³-hybridized carbons (Fsp3) is 0.609. The number of hydrogen-bond acceptors (Lipinski definition) is 5. The highest BCUT2D eigenvalue weighted by Crippen LogP contribution is 2.41. The molecule has 5 atom stereocenters. The van der Waals surface area contributed by atoms with Gasteiger partial charge in [-0.25, -0.2) is 4.39 Å². The fourth-order valence-corrected chi connectivity index (χ4v) is 5.49. The van der Waals surface area contributed by atoms with Crippen molar-refractivity contribution in [2.45, 2.75) is 63.3 Å². The maximum absolute atomic E-state index is 13.4. The molecule has 3 heterocycles. The summed E-state index contributed by atoms with van der Waals surface area (Å²) in [5.74, 6) is -0.261. The lowest BCUT2D eigenvalue weighted by atomic mass is 9.93. The van der Waals surface area contributed by atoms with Crippen LogP contribution in [0.5, 0.6) is 0 Å². The standard InChI is InChI=1S/C23H30FN5O2/c1-14(2)21(15-5-7-16(24)8-6-15)29-18-10-20(23(29)31)27(12-18)13-19(26)22(30)28-9-3-4-17(28)11-25/h5-8,14,17-21H,3-4,9-10,12-13,26H2,1-2H3/t17-,18-,19-,20-,21+/m0/s1. The minimum absolute atomic E-state index is 0.0509. The van der Waals surface area contributed by atoms with E-state index in [1.165, 1.54) is 12.1 Å². The second-order valence-electron chi connectivity index (χ2n) is 9.27. The van der Waals surface area contributed by atoms with Crippen LogP contribution in [0, 0.1) is 23.1 Å². The molecule has 166 valence electrons. The molecule has 8 heteroatoms. The van der Waals surface area contributed by atoms with E-state index in [1.807, 2.05) is 9.80 Å². The van der Waals surface area contributed by atoms with Gasteiger partial charge in [-0.2, -0.15) is 5.26 Å². The summed E-state index contributed by atoms with van der Waals surface area (Å²) >= 11 is 0. The van der Waals surface area contributed by atoms with Crippen molar-refractivity contribution in [1.82, 2.24) is 14.7 Å². The Morgan fingerprint density at radius 3 is 2.65 bits per heavy atom. The quantitative estimate of drug-likeness (QED) is 0.745. The van der Waals surface area contributed by atoms with Crippen molar-refractivity contribution in [2.24, 2.45) is 11.7 Å². The molecule has 0 spiro atoms. The fourth-order valence-electron chi connectivity index (χ4n) is 5.49. The maximum Gasteiger partial charge on any atom is 0.241 e. The van der Waals surface area contributed by atoms with Gasteiger partial charge < -0.3 is 15.5 Å². The number of carbonyl (C=O) groups is 2. The molecule has 3 fully saturated rings. The highest BCUT2D eigenvalue weighted by atomic mass is 19.1. The van der Waals surface area contributed by atoms with Crippen molar-refractivity contribution in [1.29, 1.82) is 5.26 Å². The van der Waals surface area contributed by atoms with Gasteiger partial charge in [-0.05, 0) is 42.9 Å². The van der Waals surface area contributed by atoms with Gasteiger partial charge in [0.2, 0.25) is 11.8 Å². The molecule has 2 bridgehead atoms. The molecule has 7 nitrogen and oxygen atoms in total. The largest absolute Gasteiger partial charge is 0.330 e. The van der Waals surface area contributed by atoms with Crippen LogP contribution in [0.1, 0.15) is 44.7 Å². The summed E-state index contributed by atoms with van der Waals surface area (Å²) in [5, 5.41) is 9.24. The van der Waals surface area contributed by atoms with Gasteiger partial charge in [0.15, 0.2) is 0 Å². The summed E-state index contributed by atoms with van der Waals surface area (Å²) in [6.07, 6.45) is 2.23. The number of nitrogens with zero attached hydrogens (tertiary/aromatic N) is 4. The van der Waals surface area contributed by atoms with Gasteiger partial charge in [0.25, 0.3) is 0 Å². The summed E-state index contributed by atoms with van der Waals surface area (Å²) in [6.45, 7) is 5.69. The highest BCUT2D eigenvalue weighted by Gasteiger charge is 2.52. The van der Waals surface area contributed by atoms with Crippen LogP contribution in [-0.4, -0.2) is 70.3 Å². The van der Waals surface area contributed by atoms with Crippen molar-refractivity contribution in [3.05, 3.63) is 35.6 Å². The first-order valence-electron chi connectivity index (χ1n) is 11.1. The van der Waals surface area contributed by atoms with E-state index in [2.05, 4.69) is 19.9 Å². The van der Waals surface area contributed by atoms with Gasteiger partial charge in [-0.1, -0.05) is 26.0 Å². The molecule has 3 aliphatic rings. The first-order chi connectivity index (χ1) is 14.8. The lowest BCUT2D eigenvalue weighted by molar-refractivity contribution is -0.142. The number of likely N-dealkylation sites (tertiary alicyclic amines) is 3. The van der Waals surface area contributed by atoms with Crippen LogP contribution in [0.2, 0.25) is 0 Å². The molecule has 2 amide bonds. The van der Waals surface area contributed by atoms with Crippen molar-refractivity contribution in [3.63, 3.8) is 0 Å². The number of benzene rings is 1. The molecule has 2 N–H and O–H groups in total. The van der Waals surface area contributed by atoms with Crippen LogP contribution >= 0.6 is 0 Å². The van der Waals surface area contributed by atoms with Gasteiger partial charge in [0.05, 0.1) is 24.2 Å². The van der Waals surface area contributed by atoms with E-state index in [-0.39, 0.29) is 41.7 Å². The summed E-state index contributed by atoms with van der Waals surface area (Å²) in [5.41, 5.74) is 7.15. The van der Waals surface area contributed by atoms with Gasteiger partial charge in [-0.15, -0.1) is 0 Å². The monoisotopic (exact) mass is 427 g/mol. The molecular weight excluding hydrogens is 397 g/mol. The predicted octanol–water partition coefficient (Wildman–Crippen LogP) is 1.65. The highest BCUT2D eigenvalue weighted by molar-refractivity contribution is 5.87. The Bertz CT molecular complexity index is 883. The van der Waals surface area contributed by atoms with E-state index in [0.29, 0.717) is 32.5 Å². The zero-order valence-corrected chi connectivity index (χ0v) is 18.1. The minimum atomic E-state index is -0.743. The Kier molecular flexibility index (Phi) is 6.00. The Balaban J connectivity index is 1.44. The molecule has 3 aliphatic heterocycles. The number of piperazine rings is 1. The molecule has 3 saturated heterocycles. The average Bonchev–Trinajstić information content (AvgIpc) is 3.44. The summed E-state index contributed by atoms with van der Waals surface area (Å²) < 4.78 is 13.4. The number of hydrogen-bond donors (Lipinski definition) is 1. The molecular formula is C23H30FN5O2. The molecule has 1 aromatic rings. The van der Waals surface area contributed by atoms with Crippen molar-refractivity contribution >= 4 is 11.8 Å². The van der Waals surface area contributed by atoms with E-state index < -0.39 is 12.1 Å². The first kappa shape index (κ1) is 21.7. The maximum atomic E-state index is 13.4. The SMILES string of the molecule is CC(C)[C@H](c1ccc(F)cc1)N1C(=O)[C@@H]2C[C@H]1CN2C[C@H](N)C(=O)N1CCC[C@H]1C#N. The van der Waals surface area contributed by atoms with Crippen molar-refractivity contribution in [3.8, 4) is 6.07 Å². The first-order valence-corrected chi connectivity index (χ1v) is 11.1. The van der Waals surface area contributed by atoms with Crippen LogP contribution in [0.15, 0.2) is 24.3 Å². The summed E-state index contributed by atoms with van der Waals surface area (Å²) in [6, 6.07) is 7.09. The van der Waals surface area contributed by atoms with Gasteiger partial charge >= 0.3 is 0 Å². The third-order valence-corrected chi connectivity index (χ3v) is 6.89. The number of fused-ring (bicyclic) bond motifs is 2. The molecule has 0 saturated carbocycles. The number of carbonyl (C=O) groups excluding carboxylic acids is 2. The molecule has 1 aromatic carbocycles. The Morgan fingerprint density at radius 2 is 2.03 bits per heavy atom. The molecule has 0 aliphatic carbocycles. The molecule has 0 unspecified atom stereocenters. The number of amides is 2. The number of halogens is 1. The van der Waals surface area contributed by atoms with Crippen molar-refractivity contribution in [2.75, 3.05) is 19.6 Å². The average molecular weight is 428 g/mol. The van der Waals surface area contributed by atoms with Crippen LogP contribution in [0.4, 0.5) is 4.39 Å². The second-order valence-corrected chi connectivity index (χ2v) is 9.27. The third kappa shape index (κ3) is 3.92. The lowest BCUT2D eigenvalue weighted by Gasteiger charge is -2.41. The third-order valence-electron chi connectivity index (χ3n) is 6.89. The predicted molar refractivity (Wildman–Crippen MR) is 113 cm³/mol. The van der Waals surface area contributed by atoms with E-state index in [0.717, 1.165) is 12.0 Å². The Hall–Kier alpha value is -2.50. The van der Waals surface area contributed by atoms with Crippen LogP contribution < -0.4 is 5.73 Å². The summed E-state index contributed by atoms with van der Waals surface area (Å²) in [7, 11) is 0. The van der Waals surface area contributed by atoms with Gasteiger partial charge in [0, 0.05) is 25.7 Å². The molecule has 4 rings (SSSR count). The molecule has 0 radical (unpaired) electrons.